The maximum absolute atomic E-state index is 12.1. The number of carbonyl (C=O) groups excluding carboxylic acids is 1. The summed E-state index contributed by atoms with van der Waals surface area (Å²) in [6.07, 6.45) is 7.45. The van der Waals surface area contributed by atoms with Crippen molar-refractivity contribution in [2.45, 2.75) is 51.9 Å². The van der Waals surface area contributed by atoms with Crippen molar-refractivity contribution in [2.75, 3.05) is 11.4 Å². The average molecular weight is 413 g/mol. The molecule has 31 heavy (non-hydrogen) atoms. The Morgan fingerprint density at radius 1 is 1.10 bits per heavy atom. The van der Waals surface area contributed by atoms with Gasteiger partial charge in [-0.05, 0) is 43.5 Å². The molecule has 4 rings (SSSR count). The summed E-state index contributed by atoms with van der Waals surface area (Å²) in [6, 6.07) is 18.1. The molecule has 2 heterocycles. The molecule has 2 aromatic rings. The van der Waals surface area contributed by atoms with E-state index in [1.54, 1.807) is 6.92 Å². The van der Waals surface area contributed by atoms with Crippen molar-refractivity contribution in [1.29, 1.82) is 0 Å². The molecule has 0 N–H and O–H groups in total. The van der Waals surface area contributed by atoms with Crippen molar-refractivity contribution in [3.8, 4) is 0 Å². The molecule has 0 spiro atoms. The zero-order chi connectivity index (χ0) is 22.4. The van der Waals surface area contributed by atoms with Crippen LogP contribution >= 0.6 is 0 Å². The van der Waals surface area contributed by atoms with E-state index in [1.807, 2.05) is 4.58 Å². The number of hydrogen-bond donors (Lipinski definition) is 0. The highest BCUT2D eigenvalue weighted by Crippen LogP contribution is 2.50. The summed E-state index contributed by atoms with van der Waals surface area (Å²) >= 11 is 0. The standard InChI is InChI=1S/C28H32N2O/c1-7-28(5)22-14-9-11-16-24(22)30(19-20(2)31)26(28)18-12-17-25-27(3,4)21-13-8-10-15-23(21)29(25)6/h8-18H,6-7,19H2,1-5H3. The van der Waals surface area contributed by atoms with Crippen LogP contribution in [0.4, 0.5) is 11.4 Å². The lowest BCUT2D eigenvalue weighted by molar-refractivity contribution is -0.405. The van der Waals surface area contributed by atoms with Gasteiger partial charge in [-0.25, -0.2) is 0 Å². The quantitative estimate of drug-likeness (QED) is 0.439. The van der Waals surface area contributed by atoms with E-state index in [4.69, 9.17) is 0 Å². The summed E-state index contributed by atoms with van der Waals surface area (Å²) in [5.41, 5.74) is 5.82. The lowest BCUT2D eigenvalue weighted by atomic mass is 9.78. The number of para-hydroxylation sites is 2. The lowest BCUT2D eigenvalue weighted by Gasteiger charge is -2.29. The van der Waals surface area contributed by atoms with Gasteiger partial charge >= 0.3 is 0 Å². The van der Waals surface area contributed by atoms with Crippen LogP contribution in [0.15, 0.2) is 72.5 Å². The Hall–Kier alpha value is -3.07. The molecule has 0 saturated carbocycles. The van der Waals surface area contributed by atoms with Gasteiger partial charge in [-0.1, -0.05) is 69.3 Å². The van der Waals surface area contributed by atoms with Crippen molar-refractivity contribution in [3.63, 3.8) is 0 Å². The van der Waals surface area contributed by atoms with Crippen LogP contribution in [0.2, 0.25) is 0 Å². The molecular formula is C28H32N2O. The highest BCUT2D eigenvalue weighted by atomic mass is 16.1. The Labute approximate surface area is 186 Å². The van der Waals surface area contributed by atoms with Gasteiger partial charge in [0.2, 0.25) is 0 Å². The fourth-order valence-corrected chi connectivity index (χ4v) is 5.15. The van der Waals surface area contributed by atoms with Crippen LogP contribution in [0.25, 0.3) is 0 Å². The number of fused-ring (bicyclic) bond motifs is 2. The fraction of sp³-hybridized carbons (Fsp3) is 0.321. The molecule has 2 aromatic carbocycles. The third-order valence-electron chi connectivity index (χ3n) is 7.04. The third kappa shape index (κ3) is 3.23. The first kappa shape index (κ1) is 21.2. The van der Waals surface area contributed by atoms with Crippen LogP contribution < -0.4 is 4.90 Å². The Morgan fingerprint density at radius 3 is 2.39 bits per heavy atom. The number of hydrogen-bond acceptors (Lipinski definition) is 2. The summed E-state index contributed by atoms with van der Waals surface area (Å²) in [5.74, 6) is 0.163. The average Bonchev–Trinajstić information content (AvgIpc) is 3.10. The molecule has 0 bridgehead atoms. The smallest absolute Gasteiger partial charge is 0.149 e. The van der Waals surface area contributed by atoms with Crippen molar-refractivity contribution in [3.05, 3.63) is 89.6 Å². The largest absolute Gasteiger partial charge is 0.337 e. The first-order valence-electron chi connectivity index (χ1n) is 11.0. The molecule has 160 valence electrons. The minimum Gasteiger partial charge on any atom is -0.337 e. The summed E-state index contributed by atoms with van der Waals surface area (Å²) in [4.78, 5) is 14.3. The van der Waals surface area contributed by atoms with Gasteiger partial charge in [-0.15, -0.1) is 6.08 Å². The van der Waals surface area contributed by atoms with E-state index in [2.05, 4.69) is 106 Å². The predicted molar refractivity (Wildman–Crippen MR) is 129 cm³/mol. The first-order chi connectivity index (χ1) is 14.7. The summed E-state index contributed by atoms with van der Waals surface area (Å²) in [7, 11) is 0. The van der Waals surface area contributed by atoms with Gasteiger partial charge in [0.05, 0.1) is 13.3 Å². The molecule has 0 aromatic heterocycles. The summed E-state index contributed by atoms with van der Waals surface area (Å²) < 4.78 is 2.04. The van der Waals surface area contributed by atoms with Gasteiger partial charge in [0.1, 0.15) is 17.5 Å². The number of ketones is 1. The van der Waals surface area contributed by atoms with Crippen LogP contribution in [0, 0.1) is 6.04 Å². The zero-order valence-corrected chi connectivity index (χ0v) is 19.3. The second-order valence-corrected chi connectivity index (χ2v) is 9.36. The van der Waals surface area contributed by atoms with E-state index in [9.17, 15) is 4.79 Å². The molecule has 0 saturated heterocycles. The molecule has 0 fully saturated rings. The van der Waals surface area contributed by atoms with E-state index in [0.717, 1.165) is 23.8 Å². The van der Waals surface area contributed by atoms with Gasteiger partial charge in [0.25, 0.3) is 0 Å². The summed E-state index contributed by atoms with van der Waals surface area (Å²) in [6.45, 7) is 15.3. The highest BCUT2D eigenvalue weighted by molar-refractivity contribution is 5.85. The van der Waals surface area contributed by atoms with Gasteiger partial charge in [-0.3, -0.25) is 9.37 Å². The molecule has 0 aliphatic carbocycles. The van der Waals surface area contributed by atoms with Gasteiger partial charge in [0.15, 0.2) is 0 Å². The number of allylic oxidation sites excluding steroid dienone is 3. The predicted octanol–water partition coefficient (Wildman–Crippen LogP) is 6.07. The number of anilines is 1. The van der Waals surface area contributed by atoms with Crippen molar-refractivity contribution >= 4 is 23.9 Å². The summed E-state index contributed by atoms with van der Waals surface area (Å²) in [5, 5.41) is 0. The van der Waals surface area contributed by atoms with Gasteiger partial charge in [-0.2, -0.15) is 0 Å². The molecular weight excluding hydrogens is 380 g/mol. The SMILES string of the molecule is C=[N+]1c2ccccc2C(C)(C)[C-]1C=CC=C1N(CC(C)=O)c2ccccc2C1(C)CC. The van der Waals surface area contributed by atoms with E-state index in [0.29, 0.717) is 6.54 Å². The second kappa shape index (κ2) is 7.56. The van der Waals surface area contributed by atoms with E-state index in [-0.39, 0.29) is 16.6 Å². The maximum Gasteiger partial charge on any atom is 0.149 e. The van der Waals surface area contributed by atoms with Crippen LogP contribution in [-0.4, -0.2) is 23.6 Å². The highest BCUT2D eigenvalue weighted by Gasteiger charge is 2.43. The number of benzene rings is 2. The lowest BCUT2D eigenvalue weighted by Crippen LogP contribution is -2.31. The number of rotatable bonds is 5. The van der Waals surface area contributed by atoms with Crippen molar-refractivity contribution < 1.29 is 9.37 Å². The maximum atomic E-state index is 12.1. The van der Waals surface area contributed by atoms with E-state index in [1.165, 1.54) is 16.8 Å². The van der Waals surface area contributed by atoms with E-state index >= 15 is 0 Å². The fourth-order valence-electron chi connectivity index (χ4n) is 5.15. The molecule has 3 heteroatoms. The van der Waals surface area contributed by atoms with Crippen LogP contribution in [0.1, 0.15) is 52.2 Å². The minimum absolute atomic E-state index is 0.112. The van der Waals surface area contributed by atoms with Gasteiger partial charge in [0, 0.05) is 22.2 Å². The molecule has 2 aliphatic heterocycles. The first-order valence-corrected chi connectivity index (χ1v) is 11.0. The third-order valence-corrected chi connectivity index (χ3v) is 7.04. The Morgan fingerprint density at radius 2 is 1.74 bits per heavy atom. The number of nitrogens with zero attached hydrogens (tertiary/aromatic N) is 2. The molecule has 0 amide bonds. The molecule has 2 aliphatic rings. The number of Topliss-reactive ketones (excluding diaryl/α,β-unsaturated/α-hetero) is 1. The van der Waals surface area contributed by atoms with Crippen LogP contribution in [0.3, 0.4) is 0 Å². The minimum atomic E-state index is -0.126. The van der Waals surface area contributed by atoms with Crippen molar-refractivity contribution in [1.82, 2.24) is 0 Å². The Balaban J connectivity index is 1.73. The van der Waals surface area contributed by atoms with Gasteiger partial charge < -0.3 is 4.90 Å². The van der Waals surface area contributed by atoms with Crippen molar-refractivity contribution in [2.24, 2.45) is 0 Å². The monoisotopic (exact) mass is 412 g/mol. The van der Waals surface area contributed by atoms with Crippen LogP contribution in [0.5, 0.6) is 0 Å². The van der Waals surface area contributed by atoms with E-state index < -0.39 is 0 Å². The Kier molecular flexibility index (Phi) is 5.17. The molecule has 1 unspecified atom stereocenters. The Bertz CT molecular complexity index is 1110. The molecule has 3 nitrogen and oxygen atoms in total. The van der Waals surface area contributed by atoms with Crippen LogP contribution in [-0.2, 0) is 15.6 Å². The zero-order valence-electron chi connectivity index (χ0n) is 19.3. The topological polar surface area (TPSA) is 23.3 Å². The molecule has 1 atom stereocenters. The number of carbonyl (C=O) groups is 1. The molecule has 0 radical (unpaired) electrons. The normalized spacial score (nSPS) is 23.0. The second-order valence-electron chi connectivity index (χ2n) is 9.36.